The number of aromatic carboxylic acids is 1. The zero-order valence-electron chi connectivity index (χ0n) is 22.4. The SMILES string of the molecule is CCC(=O)N1CCC(c2ccc(OCc3ccsc3-c3cccc(-n4ncc(C(=O)O)c4C(F)(F)F)n3)c(Cl)c2)CC1. The standard InChI is InChI=1S/C29H26ClF3N4O4S/c1-2-25(38)36-11-8-17(9-12-36)18-6-7-23(21(30)14-18)41-16-19-10-13-42-26(19)22-4-3-5-24(35-22)37-27(29(31,32)33)20(15-34-37)28(39)40/h3-7,10,13-15,17H,2,8-9,11-12,16H2,1H3,(H,39,40). The van der Waals surface area contributed by atoms with E-state index in [1.807, 2.05) is 41.5 Å². The summed E-state index contributed by atoms with van der Waals surface area (Å²) < 4.78 is 47.7. The highest BCUT2D eigenvalue weighted by atomic mass is 35.5. The Kier molecular flexibility index (Phi) is 8.55. The molecule has 5 rings (SSSR count). The summed E-state index contributed by atoms with van der Waals surface area (Å²) in [7, 11) is 0. The maximum absolute atomic E-state index is 13.7. The monoisotopic (exact) mass is 618 g/mol. The van der Waals surface area contributed by atoms with Crippen molar-refractivity contribution in [1.29, 1.82) is 0 Å². The molecule has 0 atom stereocenters. The molecule has 1 amide bonds. The Labute approximate surface area is 248 Å². The molecule has 42 heavy (non-hydrogen) atoms. The number of carboxylic acids is 1. The number of carboxylic acid groups (broad SMARTS) is 1. The maximum atomic E-state index is 13.7. The van der Waals surface area contributed by atoms with Gasteiger partial charge in [0, 0.05) is 25.1 Å². The molecule has 1 aliphatic rings. The minimum atomic E-state index is -4.95. The average Bonchev–Trinajstić information content (AvgIpc) is 3.64. The van der Waals surface area contributed by atoms with Gasteiger partial charge in [0.15, 0.2) is 11.5 Å². The van der Waals surface area contributed by atoms with Gasteiger partial charge in [-0.1, -0.05) is 30.7 Å². The van der Waals surface area contributed by atoms with Gasteiger partial charge in [-0.05, 0) is 60.0 Å². The van der Waals surface area contributed by atoms with Crippen molar-refractivity contribution in [3.8, 4) is 22.1 Å². The maximum Gasteiger partial charge on any atom is 0.434 e. The van der Waals surface area contributed by atoms with Crippen molar-refractivity contribution < 1.29 is 32.6 Å². The van der Waals surface area contributed by atoms with E-state index >= 15 is 0 Å². The number of alkyl halides is 3. The third-order valence-electron chi connectivity index (χ3n) is 7.16. The topological polar surface area (TPSA) is 97.6 Å². The van der Waals surface area contributed by atoms with Crippen molar-refractivity contribution >= 4 is 34.8 Å². The Morgan fingerprint density at radius 2 is 1.93 bits per heavy atom. The molecule has 0 saturated carbocycles. The van der Waals surface area contributed by atoms with Crippen LogP contribution in [0.2, 0.25) is 5.02 Å². The van der Waals surface area contributed by atoms with Crippen LogP contribution in [-0.4, -0.2) is 49.7 Å². The molecule has 1 aliphatic heterocycles. The van der Waals surface area contributed by atoms with Crippen molar-refractivity contribution in [2.24, 2.45) is 0 Å². The molecule has 0 radical (unpaired) electrons. The molecule has 0 bridgehead atoms. The number of hydrogen-bond acceptors (Lipinski definition) is 6. The summed E-state index contributed by atoms with van der Waals surface area (Å²) in [4.78, 5) is 30.3. The molecule has 1 aromatic carbocycles. The van der Waals surface area contributed by atoms with E-state index in [0.717, 1.165) is 37.1 Å². The molecule has 3 aromatic heterocycles. The first-order valence-corrected chi connectivity index (χ1v) is 14.4. The summed E-state index contributed by atoms with van der Waals surface area (Å²) in [5.74, 6) is -0.937. The van der Waals surface area contributed by atoms with Gasteiger partial charge in [-0.25, -0.2) is 14.5 Å². The summed E-state index contributed by atoms with van der Waals surface area (Å²) in [6, 6.07) is 12.0. The van der Waals surface area contributed by atoms with E-state index in [1.54, 1.807) is 6.07 Å². The number of nitrogens with zero attached hydrogens (tertiary/aromatic N) is 4. The molecule has 0 unspecified atom stereocenters. The second kappa shape index (κ2) is 12.1. The Morgan fingerprint density at radius 3 is 2.60 bits per heavy atom. The minimum Gasteiger partial charge on any atom is -0.487 e. The highest BCUT2D eigenvalue weighted by Crippen LogP contribution is 2.37. The number of hydrogen-bond donors (Lipinski definition) is 1. The number of pyridine rings is 1. The van der Waals surface area contributed by atoms with Crippen LogP contribution in [-0.2, 0) is 17.6 Å². The molecule has 220 valence electrons. The number of amides is 1. The third-order valence-corrected chi connectivity index (χ3v) is 8.43. The largest absolute Gasteiger partial charge is 0.487 e. The Hall–Kier alpha value is -3.90. The highest BCUT2D eigenvalue weighted by molar-refractivity contribution is 7.13. The fourth-order valence-corrected chi connectivity index (χ4v) is 6.15. The molecule has 4 heterocycles. The van der Waals surface area contributed by atoms with Crippen molar-refractivity contribution in [3.05, 3.63) is 81.4 Å². The van der Waals surface area contributed by atoms with Gasteiger partial charge in [0.1, 0.15) is 17.9 Å². The first-order chi connectivity index (χ1) is 20.1. The Balaban J connectivity index is 1.31. The number of carbonyl (C=O) groups is 2. The summed E-state index contributed by atoms with van der Waals surface area (Å²) in [6.45, 7) is 3.45. The van der Waals surface area contributed by atoms with Gasteiger partial charge in [-0.2, -0.15) is 18.3 Å². The number of thiophene rings is 1. The van der Waals surface area contributed by atoms with Gasteiger partial charge in [0.2, 0.25) is 5.91 Å². The lowest BCUT2D eigenvalue weighted by Gasteiger charge is -2.32. The van der Waals surface area contributed by atoms with Crippen molar-refractivity contribution in [3.63, 3.8) is 0 Å². The van der Waals surface area contributed by atoms with E-state index in [2.05, 4.69) is 10.1 Å². The fraction of sp³-hybridized carbons (Fsp3) is 0.310. The minimum absolute atomic E-state index is 0.139. The molecule has 4 aromatic rings. The van der Waals surface area contributed by atoms with Crippen LogP contribution in [0.4, 0.5) is 13.2 Å². The molecule has 1 N–H and O–H groups in total. The number of aromatic nitrogens is 3. The number of carbonyl (C=O) groups excluding carboxylic acids is 1. The third kappa shape index (κ3) is 6.14. The summed E-state index contributed by atoms with van der Waals surface area (Å²) in [5, 5.41) is 15.2. The van der Waals surface area contributed by atoms with Gasteiger partial charge in [-0.3, -0.25) is 4.79 Å². The molecule has 1 saturated heterocycles. The van der Waals surface area contributed by atoms with Crippen molar-refractivity contribution in [2.45, 2.75) is 44.9 Å². The first kappa shape index (κ1) is 29.6. The lowest BCUT2D eigenvalue weighted by Crippen LogP contribution is -2.37. The number of ether oxygens (including phenoxy) is 1. The number of piperidine rings is 1. The Bertz CT molecular complexity index is 1610. The van der Waals surface area contributed by atoms with E-state index in [-0.39, 0.29) is 18.3 Å². The summed E-state index contributed by atoms with van der Waals surface area (Å²) in [5.41, 5.74) is -0.139. The molecule has 1 fully saturated rings. The van der Waals surface area contributed by atoms with Crippen LogP contribution < -0.4 is 4.74 Å². The van der Waals surface area contributed by atoms with E-state index < -0.39 is 23.4 Å². The van der Waals surface area contributed by atoms with Crippen LogP contribution in [0.3, 0.4) is 0 Å². The van der Waals surface area contributed by atoms with Crippen LogP contribution in [0, 0.1) is 0 Å². The summed E-state index contributed by atoms with van der Waals surface area (Å²) >= 11 is 7.91. The van der Waals surface area contributed by atoms with E-state index in [4.69, 9.17) is 16.3 Å². The van der Waals surface area contributed by atoms with Gasteiger partial charge >= 0.3 is 12.1 Å². The molecule has 0 spiro atoms. The quantitative estimate of drug-likeness (QED) is 0.227. The normalized spacial score (nSPS) is 14.3. The molecule has 0 aliphatic carbocycles. The zero-order chi connectivity index (χ0) is 30.0. The van der Waals surface area contributed by atoms with E-state index in [9.17, 15) is 27.9 Å². The van der Waals surface area contributed by atoms with Gasteiger partial charge in [0.05, 0.1) is 21.8 Å². The predicted molar refractivity (Wildman–Crippen MR) is 151 cm³/mol. The van der Waals surface area contributed by atoms with Crippen LogP contribution in [0.5, 0.6) is 5.75 Å². The zero-order valence-corrected chi connectivity index (χ0v) is 24.0. The second-order valence-corrected chi connectivity index (χ2v) is 11.1. The number of halogens is 4. The van der Waals surface area contributed by atoms with Crippen molar-refractivity contribution in [1.82, 2.24) is 19.7 Å². The molecular weight excluding hydrogens is 593 g/mol. The lowest BCUT2D eigenvalue weighted by atomic mass is 9.89. The molecular formula is C29H26ClF3N4O4S. The van der Waals surface area contributed by atoms with Crippen LogP contribution in [0.15, 0.2) is 54.0 Å². The van der Waals surface area contributed by atoms with Gasteiger partial charge < -0.3 is 14.7 Å². The number of likely N-dealkylation sites (tertiary alicyclic amines) is 1. The fourth-order valence-electron chi connectivity index (χ4n) is 5.02. The lowest BCUT2D eigenvalue weighted by molar-refractivity contribution is -0.143. The van der Waals surface area contributed by atoms with Crippen LogP contribution in [0.1, 0.15) is 59.3 Å². The highest BCUT2D eigenvalue weighted by Gasteiger charge is 2.41. The smallest absolute Gasteiger partial charge is 0.434 e. The van der Waals surface area contributed by atoms with E-state index in [1.165, 1.54) is 23.5 Å². The average molecular weight is 619 g/mol. The number of rotatable bonds is 8. The first-order valence-electron chi connectivity index (χ1n) is 13.2. The number of benzene rings is 1. The van der Waals surface area contributed by atoms with Gasteiger partial charge in [0.25, 0.3) is 0 Å². The summed E-state index contributed by atoms with van der Waals surface area (Å²) in [6.07, 6.45) is -2.05. The Morgan fingerprint density at radius 1 is 1.17 bits per heavy atom. The van der Waals surface area contributed by atoms with Crippen LogP contribution in [0.25, 0.3) is 16.4 Å². The van der Waals surface area contributed by atoms with Crippen molar-refractivity contribution in [2.75, 3.05) is 13.1 Å². The van der Waals surface area contributed by atoms with E-state index in [0.29, 0.717) is 44.6 Å². The van der Waals surface area contributed by atoms with Gasteiger partial charge in [-0.15, -0.1) is 11.3 Å². The predicted octanol–water partition coefficient (Wildman–Crippen LogP) is 7.06. The second-order valence-electron chi connectivity index (χ2n) is 9.76. The molecule has 13 heteroatoms. The van der Waals surface area contributed by atoms with Crippen LogP contribution >= 0.6 is 22.9 Å². The molecule has 8 nitrogen and oxygen atoms in total.